The normalized spacial score (nSPS) is 11.6. The monoisotopic (exact) mass is 719 g/mol. The van der Waals surface area contributed by atoms with Crippen LogP contribution in [0.3, 0.4) is 0 Å². The molecule has 0 spiro atoms. The summed E-state index contributed by atoms with van der Waals surface area (Å²) in [5.74, 6) is 0. The van der Waals surface area contributed by atoms with Crippen LogP contribution in [0.25, 0.3) is 86.3 Å². The van der Waals surface area contributed by atoms with Gasteiger partial charge < -0.3 is 9.32 Å². The molecule has 0 saturated heterocycles. The van der Waals surface area contributed by atoms with Crippen LogP contribution >= 0.6 is 11.3 Å². The highest BCUT2D eigenvalue weighted by molar-refractivity contribution is 7.25. The van der Waals surface area contributed by atoms with Gasteiger partial charge in [0.25, 0.3) is 0 Å². The van der Waals surface area contributed by atoms with Crippen LogP contribution in [-0.4, -0.2) is 0 Å². The van der Waals surface area contributed by atoms with Gasteiger partial charge in [0, 0.05) is 48.0 Å². The molecule has 0 aliphatic rings. The van der Waals surface area contributed by atoms with Crippen LogP contribution in [0.5, 0.6) is 0 Å². The zero-order chi connectivity index (χ0) is 36.3. The van der Waals surface area contributed by atoms with E-state index in [-0.39, 0.29) is 0 Å². The molecule has 0 unspecified atom stereocenters. The van der Waals surface area contributed by atoms with E-state index in [9.17, 15) is 0 Å². The van der Waals surface area contributed by atoms with Gasteiger partial charge in [0.15, 0.2) is 0 Å². The minimum absolute atomic E-state index is 0.907. The van der Waals surface area contributed by atoms with E-state index in [0.29, 0.717) is 0 Å². The lowest BCUT2D eigenvalue weighted by molar-refractivity contribution is 0.669. The van der Waals surface area contributed by atoms with E-state index in [4.69, 9.17) is 4.42 Å². The summed E-state index contributed by atoms with van der Waals surface area (Å²) in [6, 6.07) is 72.2. The first-order chi connectivity index (χ1) is 27.2. The summed E-state index contributed by atoms with van der Waals surface area (Å²) in [5, 5.41) is 7.42. The topological polar surface area (TPSA) is 16.4 Å². The molecule has 2 heterocycles. The predicted molar refractivity (Wildman–Crippen MR) is 235 cm³/mol. The largest absolute Gasteiger partial charge is 0.456 e. The smallest absolute Gasteiger partial charge is 0.136 e. The van der Waals surface area contributed by atoms with Crippen LogP contribution in [0.2, 0.25) is 0 Å². The minimum atomic E-state index is 0.907. The van der Waals surface area contributed by atoms with Crippen molar-refractivity contribution in [3.05, 3.63) is 200 Å². The van der Waals surface area contributed by atoms with E-state index in [1.807, 2.05) is 23.5 Å². The second kappa shape index (κ2) is 12.9. The van der Waals surface area contributed by atoms with Gasteiger partial charge in [-0.25, -0.2) is 0 Å². The SMILES string of the molecule is c1ccc2c(-c3ccc(-c4ccc(N(c5ccc(-c6cccc7oc8ccccc8c67)cc5)c5ccc6c(c5)sc5ccccc56)cc4)cc3)cccc2c1. The molecule has 9 aromatic carbocycles. The first-order valence-electron chi connectivity index (χ1n) is 18.7. The Morgan fingerprint density at radius 3 is 1.67 bits per heavy atom. The Hall–Kier alpha value is -6.94. The third-order valence-electron chi connectivity index (χ3n) is 10.9. The van der Waals surface area contributed by atoms with Gasteiger partial charge in [0.05, 0.1) is 0 Å². The van der Waals surface area contributed by atoms with Crippen LogP contribution in [0.1, 0.15) is 0 Å². The average Bonchev–Trinajstić information content (AvgIpc) is 3.82. The van der Waals surface area contributed by atoms with Crippen molar-refractivity contribution in [2.24, 2.45) is 0 Å². The van der Waals surface area contributed by atoms with E-state index in [1.54, 1.807) is 0 Å². The zero-order valence-corrected chi connectivity index (χ0v) is 30.6. The van der Waals surface area contributed by atoms with Gasteiger partial charge >= 0.3 is 0 Å². The van der Waals surface area contributed by atoms with Gasteiger partial charge in [-0.1, -0.05) is 146 Å². The standard InChI is InChI=1S/C52H33NOS/c1-2-11-42-36(9-1)10-7-14-43(42)37-21-19-34(20-22-37)35-23-27-39(28-24-35)53(41-31-32-46-45-12-4-6-18-50(45)55-51(46)33-41)40-29-25-38(26-30-40)44-15-8-17-49-52(44)47-13-3-5-16-48(47)54-49/h1-33H. The van der Waals surface area contributed by atoms with Gasteiger partial charge in [-0.15, -0.1) is 11.3 Å². The lowest BCUT2D eigenvalue weighted by atomic mass is 9.96. The van der Waals surface area contributed by atoms with Crippen molar-refractivity contribution in [3.63, 3.8) is 0 Å². The maximum atomic E-state index is 6.22. The molecule has 0 fully saturated rings. The summed E-state index contributed by atoms with van der Waals surface area (Å²) >= 11 is 1.85. The zero-order valence-electron chi connectivity index (χ0n) is 29.8. The number of thiophene rings is 1. The molecule has 11 rings (SSSR count). The van der Waals surface area contributed by atoms with Crippen molar-refractivity contribution in [2.75, 3.05) is 4.90 Å². The summed E-state index contributed by atoms with van der Waals surface area (Å²) in [6.07, 6.45) is 0. The van der Waals surface area contributed by atoms with Gasteiger partial charge in [0.1, 0.15) is 11.2 Å². The van der Waals surface area contributed by atoms with Gasteiger partial charge in [-0.3, -0.25) is 0 Å². The molecule has 0 radical (unpaired) electrons. The molecule has 0 aliphatic carbocycles. The molecule has 0 bridgehead atoms. The van der Waals surface area contributed by atoms with Crippen LogP contribution in [-0.2, 0) is 0 Å². The summed E-state index contributed by atoms with van der Waals surface area (Å²) in [6.45, 7) is 0. The Morgan fingerprint density at radius 1 is 0.345 bits per heavy atom. The second-order valence-corrected chi connectivity index (χ2v) is 15.2. The van der Waals surface area contributed by atoms with Crippen molar-refractivity contribution in [3.8, 4) is 33.4 Å². The fourth-order valence-electron chi connectivity index (χ4n) is 8.23. The number of hydrogen-bond donors (Lipinski definition) is 0. The predicted octanol–water partition coefficient (Wildman–Crippen LogP) is 15.6. The molecule has 11 aromatic rings. The molecule has 258 valence electrons. The quantitative estimate of drug-likeness (QED) is 0.170. The van der Waals surface area contributed by atoms with Crippen LogP contribution in [0.4, 0.5) is 17.1 Å². The molecule has 55 heavy (non-hydrogen) atoms. The highest BCUT2D eigenvalue weighted by Gasteiger charge is 2.17. The Kier molecular flexibility index (Phi) is 7.39. The number of rotatable bonds is 6. The fraction of sp³-hybridized carbons (Fsp3) is 0. The first-order valence-corrected chi connectivity index (χ1v) is 19.5. The first kappa shape index (κ1) is 31.6. The van der Waals surface area contributed by atoms with Gasteiger partial charge in [-0.05, 0) is 98.8 Å². The molecule has 2 aromatic heterocycles. The maximum Gasteiger partial charge on any atom is 0.136 e. The number of benzene rings is 9. The van der Waals surface area contributed by atoms with E-state index >= 15 is 0 Å². The number of hydrogen-bond acceptors (Lipinski definition) is 3. The highest BCUT2D eigenvalue weighted by atomic mass is 32.1. The van der Waals surface area contributed by atoms with Gasteiger partial charge in [0.2, 0.25) is 0 Å². The van der Waals surface area contributed by atoms with E-state index in [0.717, 1.165) is 44.6 Å². The third kappa shape index (κ3) is 5.40. The molecular formula is C52H33NOS. The lowest BCUT2D eigenvalue weighted by Gasteiger charge is -2.26. The summed E-state index contributed by atoms with van der Waals surface area (Å²) < 4.78 is 8.81. The Bertz CT molecular complexity index is 3180. The molecular weight excluding hydrogens is 687 g/mol. The summed E-state index contributed by atoms with van der Waals surface area (Å²) in [4.78, 5) is 2.37. The van der Waals surface area contributed by atoms with Crippen molar-refractivity contribution in [1.82, 2.24) is 0 Å². The number of nitrogens with zero attached hydrogens (tertiary/aromatic N) is 1. The number of fused-ring (bicyclic) bond motifs is 7. The second-order valence-electron chi connectivity index (χ2n) is 14.1. The lowest BCUT2D eigenvalue weighted by Crippen LogP contribution is -2.09. The van der Waals surface area contributed by atoms with Crippen molar-refractivity contribution in [2.45, 2.75) is 0 Å². The number of furan rings is 1. The fourth-order valence-corrected chi connectivity index (χ4v) is 9.37. The van der Waals surface area contributed by atoms with Crippen molar-refractivity contribution < 1.29 is 4.42 Å². The molecule has 0 N–H and O–H groups in total. The van der Waals surface area contributed by atoms with E-state index < -0.39 is 0 Å². The van der Waals surface area contributed by atoms with Crippen molar-refractivity contribution in [1.29, 1.82) is 0 Å². The Labute approximate surface area is 322 Å². The molecule has 0 atom stereocenters. The Balaban J connectivity index is 0.979. The summed E-state index contributed by atoms with van der Waals surface area (Å²) in [5.41, 5.74) is 12.3. The van der Waals surface area contributed by atoms with Crippen LogP contribution in [0.15, 0.2) is 205 Å². The molecule has 0 amide bonds. The molecule has 3 heteroatoms. The average molecular weight is 720 g/mol. The van der Waals surface area contributed by atoms with Crippen LogP contribution in [0, 0.1) is 0 Å². The minimum Gasteiger partial charge on any atom is -0.456 e. The third-order valence-corrected chi connectivity index (χ3v) is 12.0. The van der Waals surface area contributed by atoms with Crippen molar-refractivity contribution >= 4 is 81.3 Å². The number of anilines is 3. The summed E-state index contributed by atoms with van der Waals surface area (Å²) in [7, 11) is 0. The molecule has 0 saturated carbocycles. The number of para-hydroxylation sites is 1. The van der Waals surface area contributed by atoms with Gasteiger partial charge in [-0.2, -0.15) is 0 Å². The maximum absolute atomic E-state index is 6.22. The molecule has 0 aliphatic heterocycles. The highest BCUT2D eigenvalue weighted by Crippen LogP contribution is 2.43. The Morgan fingerprint density at radius 2 is 0.873 bits per heavy atom. The van der Waals surface area contributed by atoms with E-state index in [2.05, 4.69) is 193 Å². The van der Waals surface area contributed by atoms with Crippen LogP contribution < -0.4 is 4.90 Å². The van der Waals surface area contributed by atoms with E-state index in [1.165, 1.54) is 58.8 Å². The molecule has 2 nitrogen and oxygen atoms in total.